The molecule has 6 heteroatoms. The maximum Gasteiger partial charge on any atom is 0.191 e. The van der Waals surface area contributed by atoms with Crippen LogP contribution in [-0.2, 0) is 4.74 Å². The van der Waals surface area contributed by atoms with Gasteiger partial charge in [-0.05, 0) is 43.7 Å². The van der Waals surface area contributed by atoms with Crippen LogP contribution < -0.4 is 15.4 Å². The van der Waals surface area contributed by atoms with Crippen LogP contribution in [0.15, 0.2) is 29.3 Å². The molecule has 2 N–H and O–H groups in total. The number of ether oxygens (including phenoxy) is 2. The molecular formula is C20H32FN3O2. The van der Waals surface area contributed by atoms with Gasteiger partial charge in [0.05, 0.1) is 6.54 Å². The van der Waals surface area contributed by atoms with Crippen molar-refractivity contribution in [3.63, 3.8) is 0 Å². The molecule has 0 aliphatic heterocycles. The summed E-state index contributed by atoms with van der Waals surface area (Å²) >= 11 is 0. The summed E-state index contributed by atoms with van der Waals surface area (Å²) in [5, 5.41) is 6.75. The Morgan fingerprint density at radius 2 is 2.08 bits per heavy atom. The first-order valence-corrected chi connectivity index (χ1v) is 9.42. The third-order valence-corrected chi connectivity index (χ3v) is 5.05. The number of hydrogen-bond donors (Lipinski definition) is 2. The van der Waals surface area contributed by atoms with Gasteiger partial charge < -0.3 is 20.1 Å². The SMILES string of the molecule is CN=C(NCC(C)Oc1cccc(F)c1)NCC1(CCOC)CCCC1. The Morgan fingerprint density at radius 1 is 1.31 bits per heavy atom. The van der Waals surface area contributed by atoms with E-state index in [2.05, 4.69) is 15.6 Å². The summed E-state index contributed by atoms with van der Waals surface area (Å²) in [6.07, 6.45) is 6.02. The molecule has 1 aromatic carbocycles. The highest BCUT2D eigenvalue weighted by atomic mass is 19.1. The maximum atomic E-state index is 13.2. The number of halogens is 1. The predicted molar refractivity (Wildman–Crippen MR) is 103 cm³/mol. The van der Waals surface area contributed by atoms with Crippen LogP contribution in [0.4, 0.5) is 4.39 Å². The van der Waals surface area contributed by atoms with Gasteiger partial charge in [-0.2, -0.15) is 0 Å². The summed E-state index contributed by atoms with van der Waals surface area (Å²) < 4.78 is 24.3. The van der Waals surface area contributed by atoms with Crippen LogP contribution in [0.2, 0.25) is 0 Å². The molecule has 0 spiro atoms. The lowest BCUT2D eigenvalue weighted by molar-refractivity contribution is 0.138. The molecule has 1 aliphatic rings. The Hall–Kier alpha value is -1.82. The molecule has 26 heavy (non-hydrogen) atoms. The molecule has 1 saturated carbocycles. The zero-order valence-corrected chi connectivity index (χ0v) is 16.2. The van der Waals surface area contributed by atoms with E-state index in [4.69, 9.17) is 9.47 Å². The molecule has 0 amide bonds. The van der Waals surface area contributed by atoms with Crippen LogP contribution in [0, 0.1) is 11.2 Å². The number of rotatable bonds is 9. The second-order valence-corrected chi connectivity index (χ2v) is 7.14. The molecule has 2 rings (SSSR count). The van der Waals surface area contributed by atoms with Gasteiger partial charge in [-0.3, -0.25) is 4.99 Å². The molecule has 0 radical (unpaired) electrons. The highest BCUT2D eigenvalue weighted by Gasteiger charge is 2.33. The van der Waals surface area contributed by atoms with E-state index in [-0.39, 0.29) is 11.9 Å². The third kappa shape index (κ3) is 6.48. The van der Waals surface area contributed by atoms with E-state index in [1.165, 1.54) is 37.8 Å². The van der Waals surface area contributed by atoms with Gasteiger partial charge in [-0.25, -0.2) is 4.39 Å². The van der Waals surface area contributed by atoms with E-state index in [1.807, 2.05) is 6.92 Å². The van der Waals surface area contributed by atoms with Crippen LogP contribution in [0.3, 0.4) is 0 Å². The number of benzene rings is 1. The summed E-state index contributed by atoms with van der Waals surface area (Å²) in [6, 6.07) is 6.20. The van der Waals surface area contributed by atoms with Crippen molar-refractivity contribution in [2.75, 3.05) is 33.9 Å². The average molecular weight is 365 g/mol. The normalized spacial score (nSPS) is 17.8. The van der Waals surface area contributed by atoms with E-state index in [0.29, 0.717) is 17.7 Å². The highest BCUT2D eigenvalue weighted by Crippen LogP contribution is 2.40. The van der Waals surface area contributed by atoms with Gasteiger partial charge in [0.15, 0.2) is 5.96 Å². The number of methoxy groups -OCH3 is 1. The second kappa shape index (κ2) is 10.4. The van der Waals surface area contributed by atoms with Gasteiger partial charge in [-0.1, -0.05) is 18.9 Å². The monoisotopic (exact) mass is 365 g/mol. The van der Waals surface area contributed by atoms with Crippen LogP contribution in [-0.4, -0.2) is 45.9 Å². The lowest BCUT2D eigenvalue weighted by Gasteiger charge is -2.30. The standard InChI is InChI=1S/C20H32FN3O2/c1-16(26-18-8-6-7-17(21)13-18)14-23-19(22-2)24-15-20(11-12-25-3)9-4-5-10-20/h6-8,13,16H,4-5,9-12,14-15H2,1-3H3,(H2,22,23,24). The molecule has 146 valence electrons. The van der Waals surface area contributed by atoms with Gasteiger partial charge in [0.25, 0.3) is 0 Å². The Kier molecular flexibility index (Phi) is 8.16. The van der Waals surface area contributed by atoms with Crippen molar-refractivity contribution in [3.05, 3.63) is 30.1 Å². The molecule has 1 fully saturated rings. The smallest absolute Gasteiger partial charge is 0.191 e. The van der Waals surface area contributed by atoms with Crippen molar-refractivity contribution >= 4 is 5.96 Å². The Balaban J connectivity index is 1.78. The van der Waals surface area contributed by atoms with Crippen molar-refractivity contribution in [2.45, 2.75) is 45.1 Å². The van der Waals surface area contributed by atoms with E-state index in [9.17, 15) is 4.39 Å². The molecule has 5 nitrogen and oxygen atoms in total. The van der Waals surface area contributed by atoms with E-state index >= 15 is 0 Å². The molecule has 0 saturated heterocycles. The van der Waals surface area contributed by atoms with E-state index in [1.54, 1.807) is 26.3 Å². The second-order valence-electron chi connectivity index (χ2n) is 7.14. The van der Waals surface area contributed by atoms with Crippen molar-refractivity contribution in [1.82, 2.24) is 10.6 Å². The molecule has 0 bridgehead atoms. The summed E-state index contributed by atoms with van der Waals surface area (Å²) in [5.74, 6) is 1.01. The minimum atomic E-state index is -0.293. The largest absolute Gasteiger partial charge is 0.489 e. The minimum absolute atomic E-state index is 0.107. The predicted octanol–water partition coefficient (Wildman–Crippen LogP) is 3.35. The molecule has 1 atom stereocenters. The summed E-state index contributed by atoms with van der Waals surface area (Å²) in [5.41, 5.74) is 0.303. The Labute approximate surface area is 156 Å². The van der Waals surface area contributed by atoms with Gasteiger partial charge in [-0.15, -0.1) is 0 Å². The zero-order valence-electron chi connectivity index (χ0n) is 16.2. The van der Waals surface area contributed by atoms with Crippen molar-refractivity contribution in [1.29, 1.82) is 0 Å². The Morgan fingerprint density at radius 3 is 2.73 bits per heavy atom. The number of nitrogens with zero attached hydrogens (tertiary/aromatic N) is 1. The van der Waals surface area contributed by atoms with Crippen LogP contribution in [0.1, 0.15) is 39.0 Å². The lowest BCUT2D eigenvalue weighted by Crippen LogP contribution is -2.45. The number of hydrogen-bond acceptors (Lipinski definition) is 3. The van der Waals surface area contributed by atoms with Crippen molar-refractivity contribution in [3.8, 4) is 5.75 Å². The number of aliphatic imine (C=N–C) groups is 1. The van der Waals surface area contributed by atoms with Gasteiger partial charge in [0.1, 0.15) is 17.7 Å². The first kappa shape index (κ1) is 20.5. The molecule has 1 aromatic rings. The first-order valence-electron chi connectivity index (χ1n) is 9.42. The van der Waals surface area contributed by atoms with Crippen LogP contribution in [0.25, 0.3) is 0 Å². The third-order valence-electron chi connectivity index (χ3n) is 5.05. The summed E-state index contributed by atoms with van der Waals surface area (Å²) in [6.45, 7) is 4.23. The van der Waals surface area contributed by atoms with Crippen molar-refractivity contribution < 1.29 is 13.9 Å². The fraction of sp³-hybridized carbons (Fsp3) is 0.650. The molecule has 0 aromatic heterocycles. The molecule has 1 unspecified atom stereocenters. The lowest BCUT2D eigenvalue weighted by atomic mass is 9.83. The number of nitrogens with one attached hydrogen (secondary N) is 2. The molecular weight excluding hydrogens is 333 g/mol. The van der Waals surface area contributed by atoms with Gasteiger partial charge >= 0.3 is 0 Å². The first-order chi connectivity index (χ1) is 12.6. The van der Waals surface area contributed by atoms with Gasteiger partial charge in [0, 0.05) is 33.4 Å². The fourth-order valence-electron chi connectivity index (χ4n) is 3.51. The average Bonchev–Trinajstić information content (AvgIpc) is 3.09. The molecule has 1 aliphatic carbocycles. The molecule has 0 heterocycles. The van der Waals surface area contributed by atoms with Crippen molar-refractivity contribution in [2.24, 2.45) is 10.4 Å². The fourth-order valence-corrected chi connectivity index (χ4v) is 3.51. The topological polar surface area (TPSA) is 54.9 Å². The van der Waals surface area contributed by atoms with Crippen LogP contribution in [0.5, 0.6) is 5.75 Å². The van der Waals surface area contributed by atoms with E-state index < -0.39 is 0 Å². The summed E-state index contributed by atoms with van der Waals surface area (Å²) in [4.78, 5) is 4.30. The van der Waals surface area contributed by atoms with E-state index in [0.717, 1.165) is 25.5 Å². The summed E-state index contributed by atoms with van der Waals surface area (Å²) in [7, 11) is 3.53. The van der Waals surface area contributed by atoms with Crippen LogP contribution >= 0.6 is 0 Å². The number of guanidine groups is 1. The minimum Gasteiger partial charge on any atom is -0.489 e. The zero-order chi connectivity index (χ0) is 18.8. The Bertz CT molecular complexity index is 574. The highest BCUT2D eigenvalue weighted by molar-refractivity contribution is 5.79. The quantitative estimate of drug-likeness (QED) is 0.520. The van der Waals surface area contributed by atoms with Gasteiger partial charge in [0.2, 0.25) is 0 Å². The maximum absolute atomic E-state index is 13.2.